The summed E-state index contributed by atoms with van der Waals surface area (Å²) in [4.78, 5) is 0. The number of nitrogens with one attached hydrogen (secondary N) is 1. The normalized spacial score (nSPS) is 17.2. The number of halogens is 2. The average Bonchev–Trinajstić information content (AvgIpc) is 3.06. The Bertz CT molecular complexity index is 368. The van der Waals surface area contributed by atoms with E-state index in [1.54, 1.807) is 7.11 Å². The second kappa shape index (κ2) is 5.39. The summed E-state index contributed by atoms with van der Waals surface area (Å²) in [7, 11) is 1.74. The molecule has 0 aromatic heterocycles. The van der Waals surface area contributed by atoms with Crippen LogP contribution in [0.2, 0.25) is 5.02 Å². The minimum atomic E-state index is 0.405. The zero-order valence-electron chi connectivity index (χ0n) is 9.17. The van der Waals surface area contributed by atoms with Crippen LogP contribution in [0.15, 0.2) is 22.7 Å². The molecule has 0 radical (unpaired) electrons. The molecule has 0 amide bonds. The molecule has 1 unspecified atom stereocenters. The Morgan fingerprint density at radius 1 is 1.56 bits per heavy atom. The van der Waals surface area contributed by atoms with E-state index in [1.807, 2.05) is 18.2 Å². The van der Waals surface area contributed by atoms with Crippen molar-refractivity contribution in [1.29, 1.82) is 0 Å². The molecule has 1 fully saturated rings. The molecule has 2 rings (SSSR count). The highest BCUT2D eigenvalue weighted by molar-refractivity contribution is 9.10. The lowest BCUT2D eigenvalue weighted by Crippen LogP contribution is -2.27. The maximum absolute atomic E-state index is 6.05. The zero-order chi connectivity index (χ0) is 11.5. The van der Waals surface area contributed by atoms with E-state index in [2.05, 4.69) is 21.2 Å². The van der Waals surface area contributed by atoms with E-state index in [-0.39, 0.29) is 0 Å². The molecular weight excluding hydrogens is 289 g/mol. The Labute approximate surface area is 109 Å². The van der Waals surface area contributed by atoms with Gasteiger partial charge in [0, 0.05) is 17.3 Å². The average molecular weight is 305 g/mol. The number of benzene rings is 1. The van der Waals surface area contributed by atoms with Gasteiger partial charge in [-0.25, -0.2) is 0 Å². The van der Waals surface area contributed by atoms with E-state index in [1.165, 1.54) is 12.8 Å². The number of ether oxygens (including phenoxy) is 1. The van der Waals surface area contributed by atoms with Gasteiger partial charge in [-0.3, -0.25) is 0 Å². The van der Waals surface area contributed by atoms with Gasteiger partial charge >= 0.3 is 0 Å². The molecule has 1 aliphatic rings. The zero-order valence-corrected chi connectivity index (χ0v) is 11.5. The van der Waals surface area contributed by atoms with Crippen molar-refractivity contribution in [2.75, 3.05) is 19.0 Å². The molecule has 1 aromatic carbocycles. The predicted molar refractivity (Wildman–Crippen MR) is 71.2 cm³/mol. The molecule has 16 heavy (non-hydrogen) atoms. The highest BCUT2D eigenvalue weighted by atomic mass is 79.9. The standard InChI is InChI=1S/C12H15BrClNO/c1-16-7-12(8-2-3-8)15-9-4-5-10(13)11(14)6-9/h4-6,8,12,15H,2-3,7H2,1H3. The van der Waals surface area contributed by atoms with Crippen LogP contribution >= 0.6 is 27.5 Å². The molecule has 4 heteroatoms. The third-order valence-corrected chi connectivity index (χ3v) is 4.04. The van der Waals surface area contributed by atoms with Crippen LogP contribution < -0.4 is 5.32 Å². The van der Waals surface area contributed by atoms with Crippen molar-refractivity contribution in [3.05, 3.63) is 27.7 Å². The maximum atomic E-state index is 6.05. The van der Waals surface area contributed by atoms with E-state index < -0.39 is 0 Å². The highest BCUT2D eigenvalue weighted by Crippen LogP contribution is 2.35. The van der Waals surface area contributed by atoms with Crippen molar-refractivity contribution in [3.63, 3.8) is 0 Å². The Morgan fingerprint density at radius 3 is 2.88 bits per heavy atom. The van der Waals surface area contributed by atoms with E-state index in [9.17, 15) is 0 Å². The quantitative estimate of drug-likeness (QED) is 0.889. The first-order chi connectivity index (χ1) is 7.70. The van der Waals surface area contributed by atoms with Gasteiger partial charge in [-0.2, -0.15) is 0 Å². The first-order valence-electron chi connectivity index (χ1n) is 5.41. The third-order valence-electron chi connectivity index (χ3n) is 2.81. The van der Waals surface area contributed by atoms with Crippen LogP contribution in [0.25, 0.3) is 0 Å². The van der Waals surface area contributed by atoms with Crippen LogP contribution in [-0.2, 0) is 4.74 Å². The van der Waals surface area contributed by atoms with Crippen LogP contribution in [-0.4, -0.2) is 19.8 Å². The molecule has 0 spiro atoms. The monoisotopic (exact) mass is 303 g/mol. The topological polar surface area (TPSA) is 21.3 Å². The lowest BCUT2D eigenvalue weighted by molar-refractivity contribution is 0.179. The van der Waals surface area contributed by atoms with Gasteiger partial charge in [-0.15, -0.1) is 0 Å². The molecule has 0 saturated heterocycles. The minimum absolute atomic E-state index is 0.405. The number of rotatable bonds is 5. The molecule has 1 aliphatic carbocycles. The fourth-order valence-electron chi connectivity index (χ4n) is 1.77. The van der Waals surface area contributed by atoms with Gasteiger partial charge in [0.05, 0.1) is 17.7 Å². The summed E-state index contributed by atoms with van der Waals surface area (Å²) in [6.45, 7) is 0.748. The molecule has 0 aliphatic heterocycles. The minimum Gasteiger partial charge on any atom is -0.383 e. The molecular formula is C12H15BrClNO. The van der Waals surface area contributed by atoms with Crippen molar-refractivity contribution in [1.82, 2.24) is 0 Å². The smallest absolute Gasteiger partial charge is 0.0666 e. The van der Waals surface area contributed by atoms with Crippen LogP contribution in [0, 0.1) is 5.92 Å². The highest BCUT2D eigenvalue weighted by Gasteiger charge is 2.31. The van der Waals surface area contributed by atoms with E-state index in [4.69, 9.17) is 16.3 Å². The first kappa shape index (κ1) is 12.2. The maximum Gasteiger partial charge on any atom is 0.0666 e. The second-order valence-corrected chi connectivity index (χ2v) is 5.43. The summed E-state index contributed by atoms with van der Waals surface area (Å²) in [5, 5.41) is 4.21. The molecule has 1 N–H and O–H groups in total. The van der Waals surface area contributed by atoms with Crippen LogP contribution in [0.1, 0.15) is 12.8 Å². The number of hydrogen-bond donors (Lipinski definition) is 1. The van der Waals surface area contributed by atoms with Gasteiger partial charge in [0.1, 0.15) is 0 Å². The van der Waals surface area contributed by atoms with Crippen molar-refractivity contribution >= 4 is 33.2 Å². The molecule has 0 heterocycles. The Hall–Kier alpha value is -0.250. The van der Waals surface area contributed by atoms with Gasteiger partial charge in [-0.1, -0.05) is 11.6 Å². The van der Waals surface area contributed by atoms with Gasteiger partial charge in [0.15, 0.2) is 0 Å². The number of hydrogen-bond acceptors (Lipinski definition) is 2. The molecule has 1 saturated carbocycles. The molecule has 2 nitrogen and oxygen atoms in total. The lowest BCUT2D eigenvalue weighted by Gasteiger charge is -2.18. The fourth-order valence-corrected chi connectivity index (χ4v) is 2.20. The van der Waals surface area contributed by atoms with Crippen molar-refractivity contribution in [2.45, 2.75) is 18.9 Å². The second-order valence-electron chi connectivity index (χ2n) is 4.17. The summed E-state index contributed by atoms with van der Waals surface area (Å²) in [6, 6.07) is 6.33. The largest absolute Gasteiger partial charge is 0.383 e. The number of methoxy groups -OCH3 is 1. The SMILES string of the molecule is COCC(Nc1ccc(Br)c(Cl)c1)C1CC1. The summed E-state index contributed by atoms with van der Waals surface area (Å²) in [5.41, 5.74) is 1.06. The van der Waals surface area contributed by atoms with Crippen LogP contribution in [0.5, 0.6) is 0 Å². The summed E-state index contributed by atoms with van der Waals surface area (Å²) in [6.07, 6.45) is 2.59. The summed E-state index contributed by atoms with van der Waals surface area (Å²) < 4.78 is 6.15. The Kier molecular flexibility index (Phi) is 4.11. The Balaban J connectivity index is 2.03. The lowest BCUT2D eigenvalue weighted by atomic mass is 10.2. The van der Waals surface area contributed by atoms with Crippen LogP contribution in [0.4, 0.5) is 5.69 Å². The van der Waals surface area contributed by atoms with Gasteiger partial charge < -0.3 is 10.1 Å². The van der Waals surface area contributed by atoms with E-state index in [0.29, 0.717) is 6.04 Å². The van der Waals surface area contributed by atoms with Crippen molar-refractivity contribution in [3.8, 4) is 0 Å². The van der Waals surface area contributed by atoms with Crippen LogP contribution in [0.3, 0.4) is 0 Å². The van der Waals surface area contributed by atoms with Gasteiger partial charge in [0.2, 0.25) is 0 Å². The van der Waals surface area contributed by atoms with Crippen molar-refractivity contribution < 1.29 is 4.74 Å². The Morgan fingerprint density at radius 2 is 2.31 bits per heavy atom. The molecule has 1 atom stereocenters. The fraction of sp³-hybridized carbons (Fsp3) is 0.500. The predicted octanol–water partition coefficient (Wildman–Crippen LogP) is 3.94. The molecule has 1 aromatic rings. The van der Waals surface area contributed by atoms with Gasteiger partial charge in [0.25, 0.3) is 0 Å². The molecule has 88 valence electrons. The van der Waals surface area contributed by atoms with E-state index in [0.717, 1.165) is 27.7 Å². The van der Waals surface area contributed by atoms with E-state index >= 15 is 0 Å². The van der Waals surface area contributed by atoms with Crippen molar-refractivity contribution in [2.24, 2.45) is 5.92 Å². The number of anilines is 1. The van der Waals surface area contributed by atoms with Gasteiger partial charge in [-0.05, 0) is 52.9 Å². The third kappa shape index (κ3) is 3.12. The first-order valence-corrected chi connectivity index (χ1v) is 6.58. The molecule has 0 bridgehead atoms. The summed E-state index contributed by atoms with van der Waals surface area (Å²) >= 11 is 9.43. The summed E-state index contributed by atoms with van der Waals surface area (Å²) in [5.74, 6) is 0.752.